The van der Waals surface area contributed by atoms with Gasteiger partial charge >= 0.3 is 0 Å². The van der Waals surface area contributed by atoms with Crippen molar-refractivity contribution in [2.24, 2.45) is 0 Å². The fourth-order valence-electron chi connectivity index (χ4n) is 1.31. The Bertz CT molecular complexity index is 287. The zero-order chi connectivity index (χ0) is 11.4. The Hall–Kier alpha value is -0.890. The van der Waals surface area contributed by atoms with Crippen LogP contribution in [0.3, 0.4) is 0 Å². The third kappa shape index (κ3) is 3.46. The van der Waals surface area contributed by atoms with Gasteiger partial charge in [-0.25, -0.2) is 4.39 Å². The van der Waals surface area contributed by atoms with Crippen molar-refractivity contribution in [3.05, 3.63) is 35.1 Å². The first-order valence-corrected chi connectivity index (χ1v) is 4.90. The SMILES string of the molecule is CC.Cc1cc(F)ccc1C(C)(C)O. The number of benzene rings is 1. The standard InChI is InChI=1S/C10H13FO.C2H6/c1-7-6-8(11)4-5-9(7)10(2,3)12;1-2/h4-6,12H,1-3H3;1-2H3. The number of aryl methyl sites for hydroxylation is 1. The maximum absolute atomic E-state index is 12.7. The fraction of sp³-hybridized carbons (Fsp3) is 0.500. The summed E-state index contributed by atoms with van der Waals surface area (Å²) in [5.74, 6) is -0.263. The van der Waals surface area contributed by atoms with E-state index in [-0.39, 0.29) is 5.82 Å². The lowest BCUT2D eigenvalue weighted by atomic mass is 9.94. The van der Waals surface area contributed by atoms with Crippen LogP contribution in [-0.4, -0.2) is 5.11 Å². The van der Waals surface area contributed by atoms with Gasteiger partial charge < -0.3 is 5.11 Å². The van der Waals surface area contributed by atoms with Crippen molar-refractivity contribution in [2.45, 2.75) is 40.2 Å². The van der Waals surface area contributed by atoms with Gasteiger partial charge in [-0.3, -0.25) is 0 Å². The second-order valence-electron chi connectivity index (χ2n) is 3.52. The highest BCUT2D eigenvalue weighted by molar-refractivity contribution is 5.30. The summed E-state index contributed by atoms with van der Waals surface area (Å²) in [6, 6.07) is 4.40. The molecule has 0 spiro atoms. The average molecular weight is 198 g/mol. The van der Waals surface area contributed by atoms with Crippen molar-refractivity contribution in [2.75, 3.05) is 0 Å². The second kappa shape index (κ2) is 5.11. The van der Waals surface area contributed by atoms with Crippen LogP contribution in [0.15, 0.2) is 18.2 Å². The van der Waals surface area contributed by atoms with Crippen molar-refractivity contribution >= 4 is 0 Å². The van der Waals surface area contributed by atoms with Gasteiger partial charge in [0.15, 0.2) is 0 Å². The molecule has 1 aromatic rings. The highest BCUT2D eigenvalue weighted by atomic mass is 19.1. The number of hydrogen-bond donors (Lipinski definition) is 1. The molecule has 14 heavy (non-hydrogen) atoms. The molecule has 0 radical (unpaired) electrons. The Morgan fingerprint density at radius 1 is 1.21 bits per heavy atom. The molecule has 0 bridgehead atoms. The third-order valence-corrected chi connectivity index (χ3v) is 1.85. The minimum atomic E-state index is -0.891. The summed E-state index contributed by atoms with van der Waals surface area (Å²) < 4.78 is 12.7. The van der Waals surface area contributed by atoms with Gasteiger partial charge in [0, 0.05) is 0 Å². The van der Waals surface area contributed by atoms with Crippen molar-refractivity contribution in [3.63, 3.8) is 0 Å². The zero-order valence-electron chi connectivity index (χ0n) is 9.56. The van der Waals surface area contributed by atoms with Crippen LogP contribution < -0.4 is 0 Å². The fourth-order valence-corrected chi connectivity index (χ4v) is 1.31. The molecule has 0 aliphatic carbocycles. The molecule has 0 saturated carbocycles. The van der Waals surface area contributed by atoms with Crippen LogP contribution in [0.5, 0.6) is 0 Å². The van der Waals surface area contributed by atoms with E-state index < -0.39 is 5.60 Å². The van der Waals surface area contributed by atoms with Crippen LogP contribution in [0.4, 0.5) is 4.39 Å². The molecule has 0 aliphatic heterocycles. The van der Waals surface area contributed by atoms with Gasteiger partial charge in [0.25, 0.3) is 0 Å². The maximum atomic E-state index is 12.7. The van der Waals surface area contributed by atoms with Gasteiger partial charge in [0.2, 0.25) is 0 Å². The van der Waals surface area contributed by atoms with Crippen LogP contribution in [-0.2, 0) is 5.60 Å². The molecule has 80 valence electrons. The summed E-state index contributed by atoms with van der Waals surface area (Å²) in [4.78, 5) is 0. The molecule has 0 amide bonds. The number of halogens is 1. The smallest absolute Gasteiger partial charge is 0.123 e. The monoisotopic (exact) mass is 198 g/mol. The summed E-state index contributed by atoms with van der Waals surface area (Å²) in [7, 11) is 0. The number of hydrogen-bond acceptors (Lipinski definition) is 1. The third-order valence-electron chi connectivity index (χ3n) is 1.85. The van der Waals surface area contributed by atoms with Crippen LogP contribution in [0.2, 0.25) is 0 Å². The number of aliphatic hydroxyl groups is 1. The average Bonchev–Trinajstić information content (AvgIpc) is 2.05. The predicted octanol–water partition coefficient (Wildman–Crippen LogP) is 3.39. The largest absolute Gasteiger partial charge is 0.386 e. The molecule has 0 fully saturated rings. The Balaban J connectivity index is 0.000000791. The van der Waals surface area contributed by atoms with Gasteiger partial charge in [-0.1, -0.05) is 19.9 Å². The van der Waals surface area contributed by atoms with E-state index >= 15 is 0 Å². The van der Waals surface area contributed by atoms with E-state index in [4.69, 9.17) is 0 Å². The van der Waals surface area contributed by atoms with Gasteiger partial charge in [-0.05, 0) is 44.0 Å². The van der Waals surface area contributed by atoms with Gasteiger partial charge in [-0.15, -0.1) is 0 Å². The van der Waals surface area contributed by atoms with E-state index in [2.05, 4.69) is 0 Å². The van der Waals surface area contributed by atoms with Gasteiger partial charge in [-0.2, -0.15) is 0 Å². The quantitative estimate of drug-likeness (QED) is 0.733. The van der Waals surface area contributed by atoms with Crippen LogP contribution in [0, 0.1) is 12.7 Å². The molecule has 0 heterocycles. The molecular formula is C12H19FO. The molecule has 1 N–H and O–H groups in total. The first-order valence-electron chi connectivity index (χ1n) is 4.90. The molecule has 1 nitrogen and oxygen atoms in total. The first kappa shape index (κ1) is 13.1. The van der Waals surface area contributed by atoms with E-state index in [1.54, 1.807) is 26.8 Å². The summed E-state index contributed by atoms with van der Waals surface area (Å²) in [5.41, 5.74) is 0.657. The highest BCUT2D eigenvalue weighted by Gasteiger charge is 2.17. The highest BCUT2D eigenvalue weighted by Crippen LogP contribution is 2.23. The Morgan fingerprint density at radius 3 is 2.07 bits per heavy atom. The number of rotatable bonds is 1. The minimum absolute atomic E-state index is 0.263. The van der Waals surface area contributed by atoms with Gasteiger partial charge in [0.05, 0.1) is 5.60 Å². The van der Waals surface area contributed by atoms with Crippen molar-refractivity contribution < 1.29 is 9.50 Å². The van der Waals surface area contributed by atoms with E-state index in [0.29, 0.717) is 0 Å². The first-order chi connectivity index (χ1) is 6.41. The lowest BCUT2D eigenvalue weighted by molar-refractivity contribution is 0.0778. The molecule has 0 aromatic heterocycles. The summed E-state index contributed by atoms with van der Waals surface area (Å²) in [6.45, 7) is 9.16. The summed E-state index contributed by atoms with van der Waals surface area (Å²) >= 11 is 0. The van der Waals surface area contributed by atoms with E-state index in [9.17, 15) is 9.50 Å². The van der Waals surface area contributed by atoms with Gasteiger partial charge in [0.1, 0.15) is 5.82 Å². The lowest BCUT2D eigenvalue weighted by Gasteiger charge is -2.19. The second-order valence-corrected chi connectivity index (χ2v) is 3.52. The van der Waals surface area contributed by atoms with Crippen molar-refractivity contribution in [3.8, 4) is 0 Å². The molecule has 1 aromatic carbocycles. The Morgan fingerprint density at radius 2 is 1.71 bits per heavy atom. The molecule has 0 unspecified atom stereocenters. The van der Waals surface area contributed by atoms with Crippen molar-refractivity contribution in [1.29, 1.82) is 0 Å². The molecule has 2 heteroatoms. The summed E-state index contributed by atoms with van der Waals surface area (Å²) in [5, 5.41) is 9.64. The molecular weight excluding hydrogens is 179 g/mol. The normalized spacial score (nSPS) is 10.5. The van der Waals surface area contributed by atoms with E-state index in [1.807, 2.05) is 13.8 Å². The molecule has 0 saturated heterocycles. The summed E-state index contributed by atoms with van der Waals surface area (Å²) in [6.07, 6.45) is 0. The molecule has 0 atom stereocenters. The Labute approximate surface area is 85.6 Å². The zero-order valence-corrected chi connectivity index (χ0v) is 9.56. The maximum Gasteiger partial charge on any atom is 0.123 e. The van der Waals surface area contributed by atoms with Crippen molar-refractivity contribution in [1.82, 2.24) is 0 Å². The molecule has 1 rings (SSSR count). The van der Waals surface area contributed by atoms with Crippen LogP contribution in [0.25, 0.3) is 0 Å². The Kier molecular flexibility index (Phi) is 4.78. The topological polar surface area (TPSA) is 20.2 Å². The van der Waals surface area contributed by atoms with E-state index in [0.717, 1.165) is 11.1 Å². The molecule has 0 aliphatic rings. The van der Waals surface area contributed by atoms with Crippen LogP contribution in [0.1, 0.15) is 38.8 Å². The minimum Gasteiger partial charge on any atom is -0.386 e. The predicted molar refractivity (Wildman–Crippen MR) is 57.7 cm³/mol. The van der Waals surface area contributed by atoms with Crippen LogP contribution >= 0.6 is 0 Å². The lowest BCUT2D eigenvalue weighted by Crippen LogP contribution is -2.17. The van der Waals surface area contributed by atoms with E-state index in [1.165, 1.54) is 12.1 Å².